The van der Waals surface area contributed by atoms with Crippen molar-refractivity contribution in [1.29, 1.82) is 0 Å². The molecule has 1 aliphatic heterocycles. The molecule has 2 aromatic carbocycles. The fourth-order valence-corrected chi connectivity index (χ4v) is 3.64. The van der Waals surface area contributed by atoms with Crippen LogP contribution < -0.4 is 5.32 Å². The van der Waals surface area contributed by atoms with Gasteiger partial charge in [0.1, 0.15) is 0 Å². The van der Waals surface area contributed by atoms with Gasteiger partial charge in [-0.1, -0.05) is 42.5 Å². The first-order chi connectivity index (χ1) is 13.6. The summed E-state index contributed by atoms with van der Waals surface area (Å²) in [5.74, 6) is -0.219. The number of amides is 1. The Morgan fingerprint density at radius 3 is 2.61 bits per heavy atom. The van der Waals surface area contributed by atoms with Crippen LogP contribution in [0.3, 0.4) is 0 Å². The third kappa shape index (κ3) is 3.89. The van der Waals surface area contributed by atoms with Gasteiger partial charge in [0.25, 0.3) is 5.91 Å². The monoisotopic (exact) mass is 379 g/mol. The van der Waals surface area contributed by atoms with Gasteiger partial charge >= 0.3 is 5.69 Å². The normalized spacial score (nSPS) is 15.6. The second kappa shape index (κ2) is 7.82. The van der Waals surface area contributed by atoms with Gasteiger partial charge in [0.2, 0.25) is 5.58 Å². The van der Waals surface area contributed by atoms with Crippen LogP contribution in [0.5, 0.6) is 0 Å². The number of benzene rings is 2. The molecule has 0 spiro atoms. The number of carbonyl (C=O) groups is 1. The van der Waals surface area contributed by atoms with Crippen molar-refractivity contribution in [1.82, 2.24) is 10.2 Å². The van der Waals surface area contributed by atoms with Gasteiger partial charge in [-0.25, -0.2) is 0 Å². The highest BCUT2D eigenvalue weighted by Crippen LogP contribution is 2.28. The van der Waals surface area contributed by atoms with E-state index in [4.69, 9.17) is 4.42 Å². The molecule has 0 radical (unpaired) electrons. The first-order valence-corrected chi connectivity index (χ1v) is 9.34. The highest BCUT2D eigenvalue weighted by molar-refractivity contribution is 5.98. The molecule has 0 bridgehead atoms. The Balaban J connectivity index is 1.36. The molecule has 7 nitrogen and oxygen atoms in total. The van der Waals surface area contributed by atoms with Crippen LogP contribution >= 0.6 is 0 Å². The highest BCUT2D eigenvalue weighted by Gasteiger charge is 2.24. The van der Waals surface area contributed by atoms with E-state index in [0.29, 0.717) is 5.39 Å². The summed E-state index contributed by atoms with van der Waals surface area (Å²) in [5, 5.41) is 14.7. The van der Waals surface area contributed by atoms with E-state index in [2.05, 4.69) is 22.3 Å². The van der Waals surface area contributed by atoms with Crippen molar-refractivity contribution in [3.05, 3.63) is 76.0 Å². The van der Waals surface area contributed by atoms with E-state index in [1.165, 1.54) is 11.6 Å². The summed E-state index contributed by atoms with van der Waals surface area (Å²) in [6, 6.07) is 16.6. The maximum Gasteiger partial charge on any atom is 0.312 e. The highest BCUT2D eigenvalue weighted by atomic mass is 16.6. The summed E-state index contributed by atoms with van der Waals surface area (Å²) < 4.78 is 5.50. The van der Waals surface area contributed by atoms with Crippen LogP contribution in [0.1, 0.15) is 29.0 Å². The summed E-state index contributed by atoms with van der Waals surface area (Å²) in [7, 11) is 0. The van der Waals surface area contributed by atoms with Crippen LogP contribution in [0.4, 0.5) is 5.69 Å². The van der Waals surface area contributed by atoms with Gasteiger partial charge in [0.05, 0.1) is 4.92 Å². The second-order valence-corrected chi connectivity index (χ2v) is 7.07. The molecule has 3 aromatic rings. The average molecular weight is 379 g/mol. The fourth-order valence-electron chi connectivity index (χ4n) is 3.64. The van der Waals surface area contributed by atoms with Crippen molar-refractivity contribution < 1.29 is 14.1 Å². The maximum absolute atomic E-state index is 12.5. The number of nitro benzene ring substituents is 1. The number of nitrogens with zero attached hydrogens (tertiary/aromatic N) is 2. The molecule has 0 aliphatic carbocycles. The number of nitrogens with one attached hydrogen (secondary N) is 1. The van der Waals surface area contributed by atoms with E-state index in [9.17, 15) is 14.9 Å². The Morgan fingerprint density at radius 1 is 1.14 bits per heavy atom. The SMILES string of the molecule is O=C(NC1CCN(Cc2ccccc2)CC1)c1cc2cccc([N+](=O)[O-])c2o1. The van der Waals surface area contributed by atoms with Gasteiger partial charge in [-0.15, -0.1) is 0 Å². The minimum atomic E-state index is -0.504. The van der Waals surface area contributed by atoms with E-state index in [0.717, 1.165) is 32.5 Å². The topological polar surface area (TPSA) is 88.6 Å². The Kier molecular flexibility index (Phi) is 5.08. The third-order valence-corrected chi connectivity index (χ3v) is 5.12. The molecule has 28 heavy (non-hydrogen) atoms. The molecular weight excluding hydrogens is 358 g/mol. The number of hydrogen-bond acceptors (Lipinski definition) is 5. The van der Waals surface area contributed by atoms with Crippen LogP contribution in [-0.2, 0) is 6.54 Å². The molecular formula is C21H21N3O4. The first kappa shape index (κ1) is 18.2. The minimum Gasteiger partial charge on any atom is -0.444 e. The molecule has 4 rings (SSSR count). The van der Waals surface area contributed by atoms with Crippen molar-refractivity contribution in [3.63, 3.8) is 0 Å². The number of non-ortho nitro benzene ring substituents is 1. The molecule has 0 atom stereocenters. The van der Waals surface area contributed by atoms with Gasteiger partial charge in [-0.05, 0) is 24.5 Å². The standard InChI is InChI=1S/C21H21N3O4/c25-21(19-13-16-7-4-8-18(24(26)27)20(16)28-19)22-17-9-11-23(12-10-17)14-15-5-2-1-3-6-15/h1-8,13,17H,9-12,14H2,(H,22,25). The summed E-state index contributed by atoms with van der Waals surface area (Å²) in [5.41, 5.74) is 1.29. The number of hydrogen-bond donors (Lipinski definition) is 1. The number of likely N-dealkylation sites (tertiary alicyclic amines) is 1. The van der Waals surface area contributed by atoms with Crippen LogP contribution in [-0.4, -0.2) is 34.9 Å². The van der Waals surface area contributed by atoms with E-state index < -0.39 is 4.92 Å². The molecule has 144 valence electrons. The Hall–Kier alpha value is -3.19. The lowest BCUT2D eigenvalue weighted by Crippen LogP contribution is -2.44. The molecule has 1 saturated heterocycles. The summed E-state index contributed by atoms with van der Waals surface area (Å²) in [6.07, 6.45) is 1.72. The lowest BCUT2D eigenvalue weighted by atomic mass is 10.0. The number of fused-ring (bicyclic) bond motifs is 1. The third-order valence-electron chi connectivity index (χ3n) is 5.12. The number of furan rings is 1. The zero-order valence-electron chi connectivity index (χ0n) is 15.3. The van der Waals surface area contributed by atoms with E-state index in [1.807, 2.05) is 18.2 Å². The summed E-state index contributed by atoms with van der Waals surface area (Å²) >= 11 is 0. The van der Waals surface area contributed by atoms with Crippen molar-refractivity contribution >= 4 is 22.6 Å². The number of nitro groups is 1. The van der Waals surface area contributed by atoms with Gasteiger partial charge in [0.15, 0.2) is 5.76 Å². The number of piperidine rings is 1. The molecule has 1 fully saturated rings. The summed E-state index contributed by atoms with van der Waals surface area (Å²) in [4.78, 5) is 25.5. The maximum atomic E-state index is 12.5. The van der Waals surface area contributed by atoms with Crippen molar-refractivity contribution in [2.75, 3.05) is 13.1 Å². The largest absolute Gasteiger partial charge is 0.444 e. The Bertz CT molecular complexity index is 991. The molecule has 1 amide bonds. The van der Waals surface area contributed by atoms with Crippen LogP contribution in [0.25, 0.3) is 11.0 Å². The molecule has 0 saturated carbocycles. The van der Waals surface area contributed by atoms with Crippen LogP contribution in [0.15, 0.2) is 59.0 Å². The van der Waals surface area contributed by atoms with E-state index in [-0.39, 0.29) is 29.0 Å². The van der Waals surface area contributed by atoms with Gasteiger partial charge in [-0.3, -0.25) is 19.8 Å². The average Bonchev–Trinajstić information content (AvgIpc) is 3.14. The van der Waals surface area contributed by atoms with Crippen LogP contribution in [0.2, 0.25) is 0 Å². The molecule has 0 unspecified atom stereocenters. The van der Waals surface area contributed by atoms with Crippen LogP contribution in [0, 0.1) is 10.1 Å². The van der Waals surface area contributed by atoms with Crippen molar-refractivity contribution in [3.8, 4) is 0 Å². The smallest absolute Gasteiger partial charge is 0.312 e. The Labute approximate surface area is 162 Å². The van der Waals surface area contributed by atoms with E-state index in [1.54, 1.807) is 18.2 Å². The summed E-state index contributed by atoms with van der Waals surface area (Å²) in [6.45, 7) is 2.73. The first-order valence-electron chi connectivity index (χ1n) is 9.34. The predicted octanol–water partition coefficient (Wildman–Crippen LogP) is 3.74. The fraction of sp³-hybridized carbons (Fsp3) is 0.286. The number of rotatable bonds is 5. The van der Waals surface area contributed by atoms with Crippen molar-refractivity contribution in [2.24, 2.45) is 0 Å². The number of carbonyl (C=O) groups excluding carboxylic acids is 1. The predicted molar refractivity (Wildman–Crippen MR) is 105 cm³/mol. The zero-order valence-corrected chi connectivity index (χ0v) is 15.3. The Morgan fingerprint density at radius 2 is 1.89 bits per heavy atom. The van der Waals surface area contributed by atoms with Gasteiger partial charge < -0.3 is 9.73 Å². The van der Waals surface area contributed by atoms with Gasteiger partial charge in [0, 0.05) is 37.1 Å². The van der Waals surface area contributed by atoms with E-state index >= 15 is 0 Å². The quantitative estimate of drug-likeness (QED) is 0.539. The second-order valence-electron chi connectivity index (χ2n) is 7.07. The zero-order chi connectivity index (χ0) is 19.5. The van der Waals surface area contributed by atoms with Crippen molar-refractivity contribution in [2.45, 2.75) is 25.4 Å². The molecule has 7 heteroatoms. The minimum absolute atomic E-state index is 0.0720. The lowest BCUT2D eigenvalue weighted by molar-refractivity contribution is -0.383. The number of para-hydroxylation sites is 1. The lowest BCUT2D eigenvalue weighted by Gasteiger charge is -2.32. The van der Waals surface area contributed by atoms with Gasteiger partial charge in [-0.2, -0.15) is 0 Å². The molecule has 2 heterocycles. The molecule has 1 aromatic heterocycles. The molecule has 1 N–H and O–H groups in total. The molecule has 1 aliphatic rings.